The quantitative estimate of drug-likeness (QED) is 0.458. The number of ether oxygens (including phenoxy) is 1. The van der Waals surface area contributed by atoms with Crippen LogP contribution >= 0.6 is 0 Å². The predicted octanol–water partition coefficient (Wildman–Crippen LogP) is 5.24. The third-order valence-corrected chi connectivity index (χ3v) is 4.59. The van der Waals surface area contributed by atoms with Gasteiger partial charge in [0.15, 0.2) is 5.58 Å². The molecule has 0 unspecified atom stereocenters. The van der Waals surface area contributed by atoms with E-state index in [0.717, 1.165) is 5.69 Å². The second-order valence-electron chi connectivity index (χ2n) is 7.11. The summed E-state index contributed by atoms with van der Waals surface area (Å²) in [6.45, 7) is 4.31. The highest BCUT2D eigenvalue weighted by Gasteiger charge is 2.10. The van der Waals surface area contributed by atoms with Gasteiger partial charge < -0.3 is 19.8 Å². The summed E-state index contributed by atoms with van der Waals surface area (Å²) in [5.74, 6) is 1.25. The molecule has 2 aromatic carbocycles. The Labute approximate surface area is 174 Å². The fourth-order valence-corrected chi connectivity index (χ4v) is 2.99. The van der Waals surface area contributed by atoms with Crippen molar-refractivity contribution < 1.29 is 13.9 Å². The van der Waals surface area contributed by atoms with Crippen LogP contribution in [-0.4, -0.2) is 22.9 Å². The number of anilines is 2. The average Bonchev–Trinajstić information content (AvgIpc) is 3.15. The van der Waals surface area contributed by atoms with E-state index in [1.165, 1.54) is 11.8 Å². The number of carbonyl (C=O) groups is 1. The van der Waals surface area contributed by atoms with E-state index < -0.39 is 0 Å². The van der Waals surface area contributed by atoms with Crippen LogP contribution in [0.1, 0.15) is 35.8 Å². The number of carbonyl (C=O) groups excluding carboxylic acids is 1. The standard InChI is InChI=1S/C23H22N4O3/c1-14(2)15-5-4-6-16(11-15)26-23-27-19-12-17(7-8-21(19)30-23)29-18-9-10-25-20(13-18)22(28)24-3/h4-14H,1-3H3,(H,24,28)(H,26,27). The molecule has 2 aromatic heterocycles. The fraction of sp³-hybridized carbons (Fsp3) is 0.174. The molecular formula is C23H22N4O3. The first-order valence-corrected chi connectivity index (χ1v) is 9.65. The van der Waals surface area contributed by atoms with Gasteiger partial charge >= 0.3 is 0 Å². The number of aromatic nitrogens is 2. The van der Waals surface area contributed by atoms with Gasteiger partial charge in [0.25, 0.3) is 11.9 Å². The molecule has 7 heteroatoms. The topological polar surface area (TPSA) is 89.3 Å². The minimum Gasteiger partial charge on any atom is -0.457 e. The number of pyridine rings is 1. The summed E-state index contributed by atoms with van der Waals surface area (Å²) in [5.41, 5.74) is 3.75. The van der Waals surface area contributed by atoms with Gasteiger partial charge in [0.1, 0.15) is 22.7 Å². The van der Waals surface area contributed by atoms with E-state index in [0.29, 0.717) is 34.5 Å². The number of nitrogens with zero attached hydrogens (tertiary/aromatic N) is 2. The lowest BCUT2D eigenvalue weighted by Gasteiger charge is -2.07. The van der Waals surface area contributed by atoms with Gasteiger partial charge in [-0.25, -0.2) is 0 Å². The van der Waals surface area contributed by atoms with Crippen molar-refractivity contribution in [2.24, 2.45) is 0 Å². The predicted molar refractivity (Wildman–Crippen MR) is 116 cm³/mol. The van der Waals surface area contributed by atoms with Crippen LogP contribution in [0.4, 0.5) is 11.7 Å². The van der Waals surface area contributed by atoms with Crippen LogP contribution in [0, 0.1) is 0 Å². The van der Waals surface area contributed by atoms with Crippen LogP contribution in [0.3, 0.4) is 0 Å². The first-order chi connectivity index (χ1) is 14.5. The molecule has 2 heterocycles. The number of hydrogen-bond acceptors (Lipinski definition) is 6. The number of hydrogen-bond donors (Lipinski definition) is 2. The van der Waals surface area contributed by atoms with Crippen LogP contribution in [0.5, 0.6) is 11.5 Å². The van der Waals surface area contributed by atoms with Crippen molar-refractivity contribution in [2.45, 2.75) is 19.8 Å². The summed E-state index contributed by atoms with van der Waals surface area (Å²) in [6, 6.07) is 17.2. The van der Waals surface area contributed by atoms with Crippen LogP contribution in [-0.2, 0) is 0 Å². The molecule has 0 aliphatic rings. The third-order valence-electron chi connectivity index (χ3n) is 4.59. The highest BCUT2D eigenvalue weighted by atomic mass is 16.5. The number of fused-ring (bicyclic) bond motifs is 1. The molecule has 0 aliphatic heterocycles. The van der Waals surface area contributed by atoms with E-state index in [2.05, 4.69) is 46.6 Å². The number of benzene rings is 2. The number of rotatable bonds is 6. The molecule has 30 heavy (non-hydrogen) atoms. The lowest BCUT2D eigenvalue weighted by molar-refractivity contribution is 0.0958. The SMILES string of the molecule is CNC(=O)c1cc(Oc2ccc3oc(Nc4cccc(C(C)C)c4)nc3c2)ccn1. The Morgan fingerprint density at radius 3 is 2.70 bits per heavy atom. The van der Waals surface area contributed by atoms with Crippen molar-refractivity contribution in [2.75, 3.05) is 12.4 Å². The lowest BCUT2D eigenvalue weighted by Crippen LogP contribution is -2.18. The van der Waals surface area contributed by atoms with E-state index in [1.54, 1.807) is 37.4 Å². The van der Waals surface area contributed by atoms with Crippen molar-refractivity contribution in [3.05, 3.63) is 72.1 Å². The summed E-state index contributed by atoms with van der Waals surface area (Å²) < 4.78 is 11.7. The van der Waals surface area contributed by atoms with Gasteiger partial charge in [-0.15, -0.1) is 0 Å². The molecule has 2 N–H and O–H groups in total. The summed E-state index contributed by atoms with van der Waals surface area (Å²) in [7, 11) is 1.56. The summed E-state index contributed by atoms with van der Waals surface area (Å²) in [5, 5.41) is 5.76. The Hall–Kier alpha value is -3.87. The van der Waals surface area contributed by atoms with Crippen molar-refractivity contribution >= 4 is 28.7 Å². The highest BCUT2D eigenvalue weighted by molar-refractivity contribution is 5.92. The maximum atomic E-state index is 11.7. The zero-order chi connectivity index (χ0) is 21.1. The van der Waals surface area contributed by atoms with E-state index in [-0.39, 0.29) is 11.6 Å². The van der Waals surface area contributed by atoms with Gasteiger partial charge in [-0.2, -0.15) is 4.98 Å². The Morgan fingerprint density at radius 2 is 1.90 bits per heavy atom. The van der Waals surface area contributed by atoms with Gasteiger partial charge in [-0.3, -0.25) is 9.78 Å². The monoisotopic (exact) mass is 402 g/mol. The van der Waals surface area contributed by atoms with Crippen molar-refractivity contribution in [1.82, 2.24) is 15.3 Å². The first kappa shape index (κ1) is 19.4. The van der Waals surface area contributed by atoms with E-state index in [9.17, 15) is 4.79 Å². The molecule has 0 fully saturated rings. The molecule has 4 aromatic rings. The Balaban J connectivity index is 1.54. The van der Waals surface area contributed by atoms with Crippen LogP contribution in [0.2, 0.25) is 0 Å². The molecule has 0 atom stereocenters. The number of oxazole rings is 1. The maximum absolute atomic E-state index is 11.7. The molecule has 0 radical (unpaired) electrons. The molecule has 0 bridgehead atoms. The van der Waals surface area contributed by atoms with Gasteiger partial charge in [-0.05, 0) is 41.8 Å². The minimum atomic E-state index is -0.273. The van der Waals surface area contributed by atoms with Crippen LogP contribution < -0.4 is 15.4 Å². The second kappa shape index (κ2) is 8.24. The lowest BCUT2D eigenvalue weighted by atomic mass is 10.0. The average molecular weight is 402 g/mol. The molecular weight excluding hydrogens is 380 g/mol. The number of amides is 1. The first-order valence-electron chi connectivity index (χ1n) is 9.65. The Bertz CT molecular complexity index is 1200. The molecule has 4 rings (SSSR count). The van der Waals surface area contributed by atoms with Crippen LogP contribution in [0.25, 0.3) is 11.1 Å². The van der Waals surface area contributed by atoms with Crippen molar-refractivity contribution in [3.8, 4) is 11.5 Å². The fourth-order valence-electron chi connectivity index (χ4n) is 2.99. The van der Waals surface area contributed by atoms with Gasteiger partial charge in [-0.1, -0.05) is 26.0 Å². The maximum Gasteiger partial charge on any atom is 0.300 e. The normalized spacial score (nSPS) is 10.9. The molecule has 152 valence electrons. The Kier molecular flexibility index (Phi) is 5.34. The third kappa shape index (κ3) is 4.25. The highest BCUT2D eigenvalue weighted by Crippen LogP contribution is 2.29. The summed E-state index contributed by atoms with van der Waals surface area (Å²) in [4.78, 5) is 20.3. The van der Waals surface area contributed by atoms with Crippen LogP contribution in [0.15, 0.2) is 65.2 Å². The molecule has 0 spiro atoms. The Morgan fingerprint density at radius 1 is 1.07 bits per heavy atom. The largest absolute Gasteiger partial charge is 0.457 e. The van der Waals surface area contributed by atoms with Crippen molar-refractivity contribution in [1.29, 1.82) is 0 Å². The smallest absolute Gasteiger partial charge is 0.300 e. The van der Waals surface area contributed by atoms with Gasteiger partial charge in [0.05, 0.1) is 0 Å². The minimum absolute atomic E-state index is 0.273. The number of nitrogens with one attached hydrogen (secondary N) is 2. The van der Waals surface area contributed by atoms with E-state index >= 15 is 0 Å². The summed E-state index contributed by atoms with van der Waals surface area (Å²) >= 11 is 0. The zero-order valence-electron chi connectivity index (χ0n) is 17.0. The van der Waals surface area contributed by atoms with E-state index in [4.69, 9.17) is 9.15 Å². The molecule has 7 nitrogen and oxygen atoms in total. The van der Waals surface area contributed by atoms with E-state index in [1.807, 2.05) is 12.1 Å². The molecule has 0 saturated carbocycles. The molecule has 0 aliphatic carbocycles. The van der Waals surface area contributed by atoms with Crippen molar-refractivity contribution in [3.63, 3.8) is 0 Å². The summed E-state index contributed by atoms with van der Waals surface area (Å²) in [6.07, 6.45) is 1.53. The zero-order valence-corrected chi connectivity index (χ0v) is 17.0. The van der Waals surface area contributed by atoms with Gasteiger partial charge in [0, 0.05) is 31.1 Å². The van der Waals surface area contributed by atoms with Gasteiger partial charge in [0.2, 0.25) is 0 Å². The second-order valence-corrected chi connectivity index (χ2v) is 7.11. The molecule has 1 amide bonds. The molecule has 0 saturated heterocycles.